The molecule has 2 N–H and O–H groups in total. The normalized spacial score (nSPS) is 20.9. The van der Waals surface area contributed by atoms with E-state index in [9.17, 15) is 0 Å². The van der Waals surface area contributed by atoms with Crippen molar-refractivity contribution in [3.05, 3.63) is 53.7 Å². The molecule has 3 aromatic rings. The highest BCUT2D eigenvalue weighted by Crippen LogP contribution is 2.42. The number of hydrogen-bond acceptors (Lipinski definition) is 8. The van der Waals surface area contributed by atoms with E-state index in [0.717, 1.165) is 83.4 Å². The molecular formula is C28H31N5O3. The van der Waals surface area contributed by atoms with E-state index in [2.05, 4.69) is 40.1 Å². The Kier molecular flexibility index (Phi) is 5.97. The summed E-state index contributed by atoms with van der Waals surface area (Å²) in [7, 11) is 3.85. The Morgan fingerprint density at radius 1 is 1.19 bits per heavy atom. The number of nitrogens with zero attached hydrogens (tertiary/aromatic N) is 4. The molecule has 6 rings (SSSR count). The molecule has 0 spiro atoms. The minimum atomic E-state index is 0.200. The van der Waals surface area contributed by atoms with Gasteiger partial charge in [0.05, 0.1) is 31.7 Å². The van der Waals surface area contributed by atoms with Crippen LogP contribution in [-0.2, 0) is 12.8 Å². The fourth-order valence-electron chi connectivity index (χ4n) is 5.41. The molecule has 2 aromatic carbocycles. The maximum atomic E-state index is 6.47. The van der Waals surface area contributed by atoms with Crippen molar-refractivity contribution in [3.8, 4) is 28.5 Å². The van der Waals surface area contributed by atoms with E-state index in [1.807, 2.05) is 18.2 Å². The highest BCUT2D eigenvalue weighted by Gasteiger charge is 2.31. The third-order valence-electron chi connectivity index (χ3n) is 7.39. The van der Waals surface area contributed by atoms with Crippen molar-refractivity contribution in [1.82, 2.24) is 14.9 Å². The average molecular weight is 486 g/mol. The van der Waals surface area contributed by atoms with E-state index < -0.39 is 0 Å². The highest BCUT2D eigenvalue weighted by atomic mass is 16.5. The highest BCUT2D eigenvalue weighted by molar-refractivity contribution is 5.98. The smallest absolute Gasteiger partial charge is 0.220 e. The zero-order valence-corrected chi connectivity index (χ0v) is 20.7. The SMILES string of the molecule is COc1ccc2c(c1)CC(C1=Nc3cc(-c4ccnc(N)n4)cc(OCC4CCN(C)C4)c3C1)CO2. The van der Waals surface area contributed by atoms with E-state index in [4.69, 9.17) is 24.9 Å². The van der Waals surface area contributed by atoms with Gasteiger partial charge in [-0.05, 0) is 68.4 Å². The van der Waals surface area contributed by atoms with Crippen LogP contribution in [-0.4, -0.2) is 61.0 Å². The molecule has 186 valence electrons. The van der Waals surface area contributed by atoms with Gasteiger partial charge in [0.2, 0.25) is 5.95 Å². The lowest BCUT2D eigenvalue weighted by atomic mass is 9.90. The second kappa shape index (κ2) is 9.43. The Labute approximate surface area is 211 Å². The average Bonchev–Trinajstić information content (AvgIpc) is 3.52. The number of hydrogen-bond donors (Lipinski definition) is 1. The summed E-state index contributed by atoms with van der Waals surface area (Å²) in [4.78, 5) is 15.9. The summed E-state index contributed by atoms with van der Waals surface area (Å²) in [6.45, 7) is 3.50. The summed E-state index contributed by atoms with van der Waals surface area (Å²) < 4.78 is 18.0. The minimum absolute atomic E-state index is 0.200. The summed E-state index contributed by atoms with van der Waals surface area (Å²) in [6, 6.07) is 12.0. The number of benzene rings is 2. The number of nitrogens with two attached hydrogens (primary N) is 1. The molecule has 36 heavy (non-hydrogen) atoms. The molecular weight excluding hydrogens is 454 g/mol. The van der Waals surface area contributed by atoms with Crippen LogP contribution >= 0.6 is 0 Å². The second-order valence-electron chi connectivity index (χ2n) is 9.97. The number of methoxy groups -OCH3 is 1. The maximum Gasteiger partial charge on any atom is 0.220 e. The Bertz CT molecular complexity index is 1320. The molecule has 2 unspecified atom stereocenters. The largest absolute Gasteiger partial charge is 0.497 e. The summed E-state index contributed by atoms with van der Waals surface area (Å²) in [6.07, 6.45) is 4.47. The van der Waals surface area contributed by atoms with Gasteiger partial charge in [-0.1, -0.05) is 0 Å². The maximum absolute atomic E-state index is 6.47. The van der Waals surface area contributed by atoms with Gasteiger partial charge in [0.15, 0.2) is 0 Å². The first kappa shape index (κ1) is 22.8. The third-order valence-corrected chi connectivity index (χ3v) is 7.39. The first-order chi connectivity index (χ1) is 17.6. The van der Waals surface area contributed by atoms with Crippen molar-refractivity contribution in [1.29, 1.82) is 0 Å². The lowest BCUT2D eigenvalue weighted by Gasteiger charge is -2.25. The molecule has 0 amide bonds. The standard InChI is InChI=1S/C28H31N5O3/c1-33-8-6-17(14-33)15-35-27-12-18(23-5-7-30-28(29)32-23)11-25-22(27)13-24(31-25)20-9-19-10-21(34-2)3-4-26(19)36-16-20/h3-5,7,10-12,17,20H,6,8-9,13-16H2,1-2H3,(H2,29,30,32). The van der Waals surface area contributed by atoms with Crippen LogP contribution in [0.5, 0.6) is 17.2 Å². The van der Waals surface area contributed by atoms with E-state index in [0.29, 0.717) is 19.1 Å². The van der Waals surface area contributed by atoms with E-state index >= 15 is 0 Å². The number of nitrogen functional groups attached to an aromatic ring is 1. The van der Waals surface area contributed by atoms with Gasteiger partial charge >= 0.3 is 0 Å². The molecule has 8 nitrogen and oxygen atoms in total. The van der Waals surface area contributed by atoms with Crippen molar-refractivity contribution >= 4 is 17.3 Å². The number of aliphatic imine (C=N–C) groups is 1. The molecule has 0 saturated carbocycles. The monoisotopic (exact) mass is 485 g/mol. The van der Waals surface area contributed by atoms with Crippen LogP contribution < -0.4 is 19.9 Å². The fourth-order valence-corrected chi connectivity index (χ4v) is 5.41. The number of aromatic nitrogens is 2. The number of ether oxygens (including phenoxy) is 3. The number of rotatable bonds is 6. The number of fused-ring (bicyclic) bond motifs is 2. The molecule has 8 heteroatoms. The van der Waals surface area contributed by atoms with Crippen LogP contribution in [0, 0.1) is 11.8 Å². The molecule has 1 fully saturated rings. The Hall–Kier alpha value is -3.65. The van der Waals surface area contributed by atoms with Crippen LogP contribution in [0.1, 0.15) is 17.5 Å². The molecule has 1 aromatic heterocycles. The predicted molar refractivity (Wildman–Crippen MR) is 139 cm³/mol. The first-order valence-corrected chi connectivity index (χ1v) is 12.5. The molecule has 0 radical (unpaired) electrons. The summed E-state index contributed by atoms with van der Waals surface area (Å²) in [5, 5.41) is 0. The number of anilines is 1. The zero-order chi connectivity index (χ0) is 24.6. The van der Waals surface area contributed by atoms with E-state index in [1.165, 1.54) is 0 Å². The molecule has 2 atom stereocenters. The topological polar surface area (TPSA) is 95.1 Å². The minimum Gasteiger partial charge on any atom is -0.497 e. The summed E-state index contributed by atoms with van der Waals surface area (Å²) in [5.74, 6) is 3.64. The lowest BCUT2D eigenvalue weighted by molar-refractivity contribution is 0.247. The second-order valence-corrected chi connectivity index (χ2v) is 9.97. The van der Waals surface area contributed by atoms with Crippen molar-refractivity contribution in [3.63, 3.8) is 0 Å². The Morgan fingerprint density at radius 2 is 2.11 bits per heavy atom. The van der Waals surface area contributed by atoms with Crippen LogP contribution in [0.3, 0.4) is 0 Å². The van der Waals surface area contributed by atoms with Gasteiger partial charge < -0.3 is 24.8 Å². The van der Waals surface area contributed by atoms with E-state index in [-0.39, 0.29) is 11.9 Å². The van der Waals surface area contributed by atoms with Crippen LogP contribution in [0.4, 0.5) is 11.6 Å². The van der Waals surface area contributed by atoms with Crippen molar-refractivity contribution in [2.75, 3.05) is 46.2 Å². The van der Waals surface area contributed by atoms with Crippen LogP contribution in [0.2, 0.25) is 0 Å². The molecule has 0 bridgehead atoms. The summed E-state index contributed by atoms with van der Waals surface area (Å²) >= 11 is 0. The van der Waals surface area contributed by atoms with Gasteiger partial charge in [-0.3, -0.25) is 4.99 Å². The lowest BCUT2D eigenvalue weighted by Crippen LogP contribution is -2.28. The zero-order valence-electron chi connectivity index (χ0n) is 20.7. The van der Waals surface area contributed by atoms with Gasteiger partial charge in [-0.15, -0.1) is 0 Å². The first-order valence-electron chi connectivity index (χ1n) is 12.5. The fraction of sp³-hybridized carbons (Fsp3) is 0.393. The van der Waals surface area contributed by atoms with Gasteiger partial charge in [0.25, 0.3) is 0 Å². The van der Waals surface area contributed by atoms with Crippen molar-refractivity contribution in [2.45, 2.75) is 19.3 Å². The van der Waals surface area contributed by atoms with Crippen molar-refractivity contribution < 1.29 is 14.2 Å². The van der Waals surface area contributed by atoms with Gasteiger partial charge in [-0.25, -0.2) is 9.97 Å². The molecule has 0 aliphatic carbocycles. The Balaban J connectivity index is 1.29. The van der Waals surface area contributed by atoms with Gasteiger partial charge in [0.1, 0.15) is 17.2 Å². The van der Waals surface area contributed by atoms with Crippen LogP contribution in [0.25, 0.3) is 11.3 Å². The van der Waals surface area contributed by atoms with Crippen LogP contribution in [0.15, 0.2) is 47.6 Å². The predicted octanol–water partition coefficient (Wildman–Crippen LogP) is 3.94. The third kappa shape index (κ3) is 4.48. The molecule has 3 aliphatic heterocycles. The molecule has 4 heterocycles. The molecule has 1 saturated heterocycles. The van der Waals surface area contributed by atoms with Crippen molar-refractivity contribution in [2.24, 2.45) is 16.8 Å². The summed E-state index contributed by atoms with van der Waals surface area (Å²) in [5.41, 5.74) is 11.9. The quantitative estimate of drug-likeness (QED) is 0.565. The molecule has 3 aliphatic rings. The number of likely N-dealkylation sites (tertiary alicyclic amines) is 1. The Morgan fingerprint density at radius 3 is 2.92 bits per heavy atom. The van der Waals surface area contributed by atoms with Gasteiger partial charge in [0, 0.05) is 47.8 Å². The van der Waals surface area contributed by atoms with E-state index in [1.54, 1.807) is 13.3 Å². The van der Waals surface area contributed by atoms with Gasteiger partial charge in [-0.2, -0.15) is 0 Å².